The Morgan fingerprint density at radius 2 is 2.22 bits per heavy atom. The van der Waals surface area contributed by atoms with Gasteiger partial charge in [-0.1, -0.05) is 17.8 Å². The molecular formula is C13H14FN3S. The van der Waals surface area contributed by atoms with Crippen LogP contribution in [-0.2, 0) is 0 Å². The van der Waals surface area contributed by atoms with Crippen molar-refractivity contribution >= 4 is 17.4 Å². The zero-order valence-electron chi connectivity index (χ0n) is 10.1. The molecular weight excluding hydrogens is 249 g/mol. The molecule has 94 valence electrons. The molecule has 5 heteroatoms. The van der Waals surface area contributed by atoms with Crippen molar-refractivity contribution in [1.29, 1.82) is 0 Å². The van der Waals surface area contributed by atoms with Crippen molar-refractivity contribution in [2.24, 2.45) is 0 Å². The Hall–Kier alpha value is -1.62. The van der Waals surface area contributed by atoms with Crippen LogP contribution >= 0.6 is 11.8 Å². The van der Waals surface area contributed by atoms with Crippen molar-refractivity contribution in [2.75, 3.05) is 17.6 Å². The average Bonchev–Trinajstić information content (AvgIpc) is 2.35. The second kappa shape index (κ2) is 6.35. The van der Waals surface area contributed by atoms with Crippen LogP contribution in [0.5, 0.6) is 0 Å². The first-order chi connectivity index (χ1) is 8.74. The lowest BCUT2D eigenvalue weighted by atomic mass is 10.3. The Kier molecular flexibility index (Phi) is 4.52. The van der Waals surface area contributed by atoms with Gasteiger partial charge in [0, 0.05) is 29.9 Å². The van der Waals surface area contributed by atoms with E-state index in [2.05, 4.69) is 15.3 Å². The summed E-state index contributed by atoms with van der Waals surface area (Å²) in [5.74, 6) is 0.606. The summed E-state index contributed by atoms with van der Waals surface area (Å²) in [6.45, 7) is 2.68. The third-order valence-electron chi connectivity index (χ3n) is 2.26. The van der Waals surface area contributed by atoms with Gasteiger partial charge in [-0.3, -0.25) is 0 Å². The third kappa shape index (κ3) is 4.00. The molecule has 2 aromatic rings. The lowest BCUT2D eigenvalue weighted by Crippen LogP contribution is -2.04. The van der Waals surface area contributed by atoms with Crippen molar-refractivity contribution < 1.29 is 4.39 Å². The molecule has 0 spiro atoms. The van der Waals surface area contributed by atoms with E-state index >= 15 is 0 Å². The first-order valence-corrected chi connectivity index (χ1v) is 6.64. The standard InChI is InChI=1S/C13H14FN3S/c1-10-5-6-16-13(17-10)18-8-7-15-12-4-2-3-11(14)9-12/h2-6,9,15H,7-8H2,1H3. The second-order valence-corrected chi connectivity index (χ2v) is 4.83. The fraction of sp³-hybridized carbons (Fsp3) is 0.231. The Labute approximate surface area is 110 Å². The Bertz CT molecular complexity index is 472. The molecule has 0 fully saturated rings. The van der Waals surface area contributed by atoms with E-state index in [1.807, 2.05) is 19.1 Å². The van der Waals surface area contributed by atoms with Crippen LogP contribution in [0.1, 0.15) is 5.69 Å². The van der Waals surface area contributed by atoms with Gasteiger partial charge in [-0.05, 0) is 31.2 Å². The normalized spacial score (nSPS) is 10.3. The molecule has 0 bridgehead atoms. The van der Waals surface area contributed by atoms with E-state index < -0.39 is 0 Å². The number of anilines is 1. The number of halogens is 1. The van der Waals surface area contributed by atoms with Crippen LogP contribution in [0.4, 0.5) is 10.1 Å². The molecule has 0 aliphatic carbocycles. The minimum atomic E-state index is -0.227. The van der Waals surface area contributed by atoms with Gasteiger partial charge >= 0.3 is 0 Å². The molecule has 1 heterocycles. The van der Waals surface area contributed by atoms with E-state index in [1.165, 1.54) is 12.1 Å². The van der Waals surface area contributed by atoms with Gasteiger partial charge in [-0.2, -0.15) is 0 Å². The van der Waals surface area contributed by atoms with E-state index in [-0.39, 0.29) is 5.82 Å². The zero-order valence-corrected chi connectivity index (χ0v) is 10.9. The molecule has 0 unspecified atom stereocenters. The molecule has 0 saturated heterocycles. The number of rotatable bonds is 5. The summed E-state index contributed by atoms with van der Waals surface area (Å²) in [4.78, 5) is 8.46. The molecule has 1 N–H and O–H groups in total. The van der Waals surface area contributed by atoms with E-state index in [4.69, 9.17) is 0 Å². The highest BCUT2D eigenvalue weighted by Crippen LogP contribution is 2.13. The van der Waals surface area contributed by atoms with Crippen LogP contribution in [0.2, 0.25) is 0 Å². The lowest BCUT2D eigenvalue weighted by molar-refractivity contribution is 0.628. The predicted molar refractivity (Wildman–Crippen MR) is 72.4 cm³/mol. The highest BCUT2D eigenvalue weighted by Gasteiger charge is 1.98. The minimum absolute atomic E-state index is 0.227. The van der Waals surface area contributed by atoms with E-state index in [0.717, 1.165) is 28.8 Å². The van der Waals surface area contributed by atoms with Crippen molar-refractivity contribution in [3.8, 4) is 0 Å². The number of hydrogen-bond acceptors (Lipinski definition) is 4. The summed E-state index contributed by atoms with van der Waals surface area (Å²) in [6, 6.07) is 8.31. The van der Waals surface area contributed by atoms with E-state index in [0.29, 0.717) is 0 Å². The highest BCUT2D eigenvalue weighted by molar-refractivity contribution is 7.99. The second-order valence-electron chi connectivity index (χ2n) is 3.77. The summed E-state index contributed by atoms with van der Waals surface area (Å²) < 4.78 is 12.9. The van der Waals surface area contributed by atoms with Crippen LogP contribution in [0.25, 0.3) is 0 Å². The molecule has 0 atom stereocenters. The maximum absolute atomic E-state index is 12.9. The van der Waals surface area contributed by atoms with Crippen LogP contribution in [-0.4, -0.2) is 22.3 Å². The Morgan fingerprint density at radius 1 is 1.33 bits per heavy atom. The summed E-state index contributed by atoms with van der Waals surface area (Å²) in [7, 11) is 0. The van der Waals surface area contributed by atoms with Crippen LogP contribution in [0.3, 0.4) is 0 Å². The summed E-state index contributed by atoms with van der Waals surface area (Å²) in [6.07, 6.45) is 1.75. The largest absolute Gasteiger partial charge is 0.384 e. The minimum Gasteiger partial charge on any atom is -0.384 e. The molecule has 0 saturated carbocycles. The predicted octanol–water partition coefficient (Wildman–Crippen LogP) is 3.13. The topological polar surface area (TPSA) is 37.8 Å². The Morgan fingerprint density at radius 3 is 3.00 bits per heavy atom. The highest BCUT2D eigenvalue weighted by atomic mass is 32.2. The van der Waals surface area contributed by atoms with E-state index in [9.17, 15) is 4.39 Å². The van der Waals surface area contributed by atoms with Gasteiger partial charge in [-0.25, -0.2) is 14.4 Å². The fourth-order valence-electron chi connectivity index (χ4n) is 1.43. The maximum atomic E-state index is 12.9. The van der Waals surface area contributed by atoms with Crippen LogP contribution in [0.15, 0.2) is 41.7 Å². The average molecular weight is 263 g/mol. The number of aryl methyl sites for hydroxylation is 1. The molecule has 1 aromatic carbocycles. The van der Waals surface area contributed by atoms with Crippen LogP contribution < -0.4 is 5.32 Å². The van der Waals surface area contributed by atoms with Gasteiger partial charge < -0.3 is 5.32 Å². The maximum Gasteiger partial charge on any atom is 0.187 e. The van der Waals surface area contributed by atoms with Gasteiger partial charge in [0.25, 0.3) is 0 Å². The summed E-state index contributed by atoms with van der Waals surface area (Å²) in [5.41, 5.74) is 1.76. The van der Waals surface area contributed by atoms with Crippen molar-refractivity contribution in [3.05, 3.63) is 48.0 Å². The van der Waals surface area contributed by atoms with Gasteiger partial charge in [0.15, 0.2) is 5.16 Å². The van der Waals surface area contributed by atoms with Gasteiger partial charge in [-0.15, -0.1) is 0 Å². The third-order valence-corrected chi connectivity index (χ3v) is 3.12. The molecule has 18 heavy (non-hydrogen) atoms. The number of hydrogen-bond donors (Lipinski definition) is 1. The number of benzene rings is 1. The molecule has 3 nitrogen and oxygen atoms in total. The summed E-state index contributed by atoms with van der Waals surface area (Å²) in [5, 5.41) is 3.93. The van der Waals surface area contributed by atoms with Gasteiger partial charge in [0.05, 0.1) is 0 Å². The molecule has 0 aliphatic rings. The van der Waals surface area contributed by atoms with Gasteiger partial charge in [0.2, 0.25) is 0 Å². The van der Waals surface area contributed by atoms with Crippen LogP contribution in [0, 0.1) is 12.7 Å². The van der Waals surface area contributed by atoms with Crippen molar-refractivity contribution in [3.63, 3.8) is 0 Å². The fourth-order valence-corrected chi connectivity index (χ4v) is 2.16. The summed E-state index contributed by atoms with van der Waals surface area (Å²) >= 11 is 1.58. The van der Waals surface area contributed by atoms with Crippen molar-refractivity contribution in [2.45, 2.75) is 12.1 Å². The monoisotopic (exact) mass is 263 g/mol. The quantitative estimate of drug-likeness (QED) is 0.511. The zero-order chi connectivity index (χ0) is 12.8. The first kappa shape index (κ1) is 12.8. The smallest absolute Gasteiger partial charge is 0.187 e. The first-order valence-electron chi connectivity index (χ1n) is 5.66. The Balaban J connectivity index is 1.76. The molecule has 0 radical (unpaired) electrons. The SMILES string of the molecule is Cc1ccnc(SCCNc2cccc(F)c2)n1. The number of nitrogens with one attached hydrogen (secondary N) is 1. The van der Waals surface area contributed by atoms with E-state index in [1.54, 1.807) is 24.0 Å². The molecule has 0 amide bonds. The number of aromatic nitrogens is 2. The van der Waals surface area contributed by atoms with Gasteiger partial charge in [0.1, 0.15) is 5.82 Å². The molecule has 0 aliphatic heterocycles. The molecule has 1 aromatic heterocycles. The number of nitrogens with zero attached hydrogens (tertiary/aromatic N) is 2. The number of thioether (sulfide) groups is 1. The van der Waals surface area contributed by atoms with Crippen molar-refractivity contribution in [1.82, 2.24) is 9.97 Å². The lowest BCUT2D eigenvalue weighted by Gasteiger charge is -2.05. The molecule has 2 rings (SSSR count).